The molecule has 0 bridgehead atoms. The fourth-order valence-corrected chi connectivity index (χ4v) is 162. The Morgan fingerprint density at radius 3 is 1.17 bits per heavy atom. The van der Waals surface area contributed by atoms with E-state index in [1.807, 2.05) is 0 Å². The van der Waals surface area contributed by atoms with Crippen LogP contribution in [0.25, 0.3) is 0 Å². The van der Waals surface area contributed by atoms with E-state index in [0.717, 1.165) is 0 Å². The Hall–Kier alpha value is 0.978. The normalized spacial score (nSPS) is 25.9. The molecule has 0 saturated carbocycles. The van der Waals surface area contributed by atoms with Gasteiger partial charge in [-0.05, 0) is 0 Å². The molecule has 1 heterocycles. The number of rotatable bonds is 4. The molecule has 24 heavy (non-hydrogen) atoms. The van der Waals surface area contributed by atoms with Crippen molar-refractivity contribution in [3.05, 3.63) is 48.5 Å². The summed E-state index contributed by atoms with van der Waals surface area (Å²) >= 11 is 8.71. The van der Waals surface area contributed by atoms with Crippen LogP contribution in [0.3, 0.4) is 0 Å². The predicted octanol–water partition coefficient (Wildman–Crippen LogP) is 2.05. The van der Waals surface area contributed by atoms with Crippen molar-refractivity contribution in [1.82, 2.24) is 0 Å². The summed E-state index contributed by atoms with van der Waals surface area (Å²) in [5, 5.41) is 3.17. The van der Waals surface area contributed by atoms with Gasteiger partial charge in [-0.15, -0.1) is 0 Å². The van der Waals surface area contributed by atoms with Crippen molar-refractivity contribution in [2.45, 2.75) is 0 Å². The number of nitrogens with zero attached hydrogens (tertiary/aromatic N) is 2. The first-order valence-electron chi connectivity index (χ1n) is 7.42. The first-order chi connectivity index (χ1) is 11.2. The minimum absolute atomic E-state index is 0.694. The van der Waals surface area contributed by atoms with E-state index in [9.17, 15) is 0 Å². The summed E-state index contributed by atoms with van der Waals surface area (Å²) in [5.74, 6) is 0. The summed E-state index contributed by atoms with van der Waals surface area (Å²) in [6, 6.07) is 18.5. The average Bonchev–Trinajstić information content (AvgIpc) is 2.53. The molecule has 0 N–H and O–H groups in total. The maximum atomic E-state index is 3.66. The van der Waals surface area contributed by atoms with Crippen LogP contribution in [0.5, 0.6) is 0 Å². The van der Waals surface area contributed by atoms with E-state index in [1.54, 1.807) is 10.6 Å². The monoisotopic (exact) mass is 622 g/mol. The van der Waals surface area contributed by atoms with Gasteiger partial charge in [0.2, 0.25) is 0 Å². The molecule has 0 aromatic heterocycles. The Morgan fingerprint density at radius 1 is 0.625 bits per heavy atom. The van der Waals surface area contributed by atoms with E-state index in [0.29, 0.717) is 28.1 Å². The van der Waals surface area contributed by atoms with Crippen molar-refractivity contribution >= 4 is 87.9 Å². The van der Waals surface area contributed by atoms with E-state index < -0.39 is 6.66 Å². The third-order valence-electron chi connectivity index (χ3n) is 3.79. The minimum atomic E-state index is -0.974. The van der Waals surface area contributed by atoms with Gasteiger partial charge in [-0.25, -0.2) is 0 Å². The predicted molar refractivity (Wildman–Crippen MR) is 118 cm³/mol. The summed E-state index contributed by atoms with van der Waals surface area (Å²) in [4.78, 5) is 4.34. The molecule has 1 aliphatic rings. The molecule has 2 aromatic carbocycles. The van der Waals surface area contributed by atoms with E-state index >= 15 is 0 Å². The van der Waals surface area contributed by atoms with E-state index in [2.05, 4.69) is 118 Å². The molecule has 1 aliphatic heterocycles. The second-order valence-corrected chi connectivity index (χ2v) is 58.3. The van der Waals surface area contributed by atoms with Crippen molar-refractivity contribution in [2.75, 3.05) is 38.0 Å². The molecule has 8 heteroatoms. The Balaban J connectivity index is 1.76. The summed E-state index contributed by atoms with van der Waals surface area (Å²) in [6.45, 7) is 0. The topological polar surface area (TPSA) is 6.48 Å². The van der Waals surface area contributed by atoms with Gasteiger partial charge < -0.3 is 0 Å². The second kappa shape index (κ2) is 7.54. The van der Waals surface area contributed by atoms with Crippen LogP contribution >= 0.6 is 6.66 Å². The van der Waals surface area contributed by atoms with Crippen LogP contribution in [-0.2, 0) is 0 Å². The van der Waals surface area contributed by atoms with Crippen LogP contribution in [-0.4, -0.2) is 87.5 Å². The van der Waals surface area contributed by atoms with Crippen LogP contribution in [0.1, 0.15) is 0 Å². The van der Waals surface area contributed by atoms with Crippen LogP contribution < -0.4 is 20.4 Å². The quantitative estimate of drug-likeness (QED) is 0.383. The molecule has 2 aromatic rings. The van der Waals surface area contributed by atoms with Gasteiger partial charge in [0.25, 0.3) is 0 Å². The van der Waals surface area contributed by atoms with Crippen LogP contribution in [0.15, 0.2) is 48.5 Å². The Labute approximate surface area is 173 Å². The number of benzene rings is 2. The summed E-state index contributed by atoms with van der Waals surface area (Å²) in [6.07, 6.45) is 0. The van der Waals surface area contributed by atoms with Gasteiger partial charge in [-0.2, -0.15) is 0 Å². The van der Waals surface area contributed by atoms with Crippen molar-refractivity contribution in [2.24, 2.45) is 0 Å². The van der Waals surface area contributed by atoms with Gasteiger partial charge in [0.05, 0.1) is 0 Å². The molecule has 3 rings (SSSR count). The van der Waals surface area contributed by atoms with Gasteiger partial charge in [-0.1, -0.05) is 0 Å². The SMILES string of the molecule is CN(C)c1ccc([P+]2([Se-])[Se][P+]([Se-])(c3ccc(N(C)C)cc3)[Se]2)cc1. The fraction of sp³-hybridized carbons (Fsp3) is 0.250. The van der Waals surface area contributed by atoms with E-state index in [4.69, 9.17) is 0 Å². The summed E-state index contributed by atoms with van der Waals surface area (Å²) in [7, 11) is 8.41. The molecule has 1 fully saturated rings. The molecule has 2 nitrogen and oxygen atoms in total. The molecule has 0 spiro atoms. The molecule has 128 valence electrons. The van der Waals surface area contributed by atoms with E-state index in [1.165, 1.54) is 11.4 Å². The first kappa shape index (κ1) is 19.7. The number of hydrogen-bond acceptors (Lipinski definition) is 2. The molecule has 0 unspecified atom stereocenters. The molecule has 0 atom stereocenters. The molecular weight excluding hydrogens is 598 g/mol. The van der Waals surface area contributed by atoms with Gasteiger partial charge in [0.1, 0.15) is 0 Å². The zero-order chi connectivity index (χ0) is 17.5. The summed E-state index contributed by atoms with van der Waals surface area (Å²) in [5.41, 5.74) is 2.57. The van der Waals surface area contributed by atoms with Crippen molar-refractivity contribution in [3.63, 3.8) is 0 Å². The van der Waals surface area contributed by atoms with Crippen molar-refractivity contribution in [3.8, 4) is 0 Å². The van der Waals surface area contributed by atoms with E-state index in [-0.39, 0.29) is 0 Å². The van der Waals surface area contributed by atoms with Crippen molar-refractivity contribution in [1.29, 1.82) is 0 Å². The third kappa shape index (κ3) is 3.95. The maximum absolute atomic E-state index is 3.66. The van der Waals surface area contributed by atoms with Crippen LogP contribution in [0, 0.1) is 0 Å². The molecular formula is C16H20N2P2Se4. The number of hydrogen-bond donors (Lipinski definition) is 0. The van der Waals surface area contributed by atoms with Crippen LogP contribution in [0.2, 0.25) is 0 Å². The molecule has 0 amide bonds. The Morgan fingerprint density at radius 2 is 0.917 bits per heavy atom. The zero-order valence-electron chi connectivity index (χ0n) is 14.0. The fourth-order valence-electron chi connectivity index (χ4n) is 2.34. The Bertz CT molecular complexity index is 652. The number of anilines is 2. The van der Waals surface area contributed by atoms with Crippen molar-refractivity contribution < 1.29 is 0 Å². The van der Waals surface area contributed by atoms with Crippen LogP contribution in [0.4, 0.5) is 11.4 Å². The summed E-state index contributed by atoms with van der Waals surface area (Å²) < 4.78 is -1.95. The van der Waals surface area contributed by atoms with Gasteiger partial charge in [-0.3, -0.25) is 0 Å². The molecule has 0 radical (unpaired) electrons. The zero-order valence-corrected chi connectivity index (χ0v) is 22.7. The molecule has 0 aliphatic carbocycles. The second-order valence-electron chi connectivity index (χ2n) is 5.98. The van der Waals surface area contributed by atoms with Gasteiger partial charge in [0.15, 0.2) is 0 Å². The average molecular weight is 618 g/mol. The Kier molecular flexibility index (Phi) is 6.20. The molecule has 1 saturated heterocycles. The third-order valence-corrected chi connectivity index (χ3v) is 85.6. The standard InChI is InChI=1S/C16H20N2P2Se4/c1-17(2)13-5-9-15(10-6-13)19(21)23-20(22,24-19)16-11-7-14(8-12-16)18(3)4/h5-12H,1-4H3. The van der Waals surface area contributed by atoms with Gasteiger partial charge >= 0.3 is 174 Å². The first-order valence-corrected chi connectivity index (χ1v) is 24.3. The van der Waals surface area contributed by atoms with Gasteiger partial charge in [0, 0.05) is 0 Å².